The Bertz CT molecular complexity index is 462. The number of carbonyl (C=O) groups excluding carboxylic acids is 1. The maximum absolute atomic E-state index is 10.9. The molecule has 0 aliphatic rings. The Morgan fingerprint density at radius 2 is 2.28 bits per heavy atom. The quantitative estimate of drug-likeness (QED) is 0.569. The fourth-order valence-electron chi connectivity index (χ4n) is 1.37. The molecule has 1 amide bonds. The van der Waals surface area contributed by atoms with Crippen LogP contribution in [-0.2, 0) is 11.3 Å². The number of nitro benzene ring substituents is 1. The van der Waals surface area contributed by atoms with Crippen LogP contribution in [0.2, 0.25) is 0 Å². The summed E-state index contributed by atoms with van der Waals surface area (Å²) in [5.41, 5.74) is 5.67. The smallest absolute Gasteiger partial charge is 0.270 e. The molecule has 1 aromatic carbocycles. The van der Waals surface area contributed by atoms with Crippen LogP contribution in [0.1, 0.15) is 12.5 Å². The molecule has 0 aliphatic heterocycles. The van der Waals surface area contributed by atoms with E-state index in [0.29, 0.717) is 17.9 Å². The molecule has 1 atom stereocenters. The van der Waals surface area contributed by atoms with Gasteiger partial charge < -0.3 is 15.8 Å². The maximum Gasteiger partial charge on any atom is 0.270 e. The first-order valence-corrected chi connectivity index (χ1v) is 5.33. The summed E-state index contributed by atoms with van der Waals surface area (Å²) in [4.78, 5) is 21.1. The summed E-state index contributed by atoms with van der Waals surface area (Å²) in [6.07, 6.45) is -0.790. The van der Waals surface area contributed by atoms with Crippen molar-refractivity contribution in [3.05, 3.63) is 33.9 Å². The monoisotopic (exact) mass is 253 g/mol. The van der Waals surface area contributed by atoms with Crippen molar-refractivity contribution < 1.29 is 14.5 Å². The van der Waals surface area contributed by atoms with Gasteiger partial charge in [0.1, 0.15) is 5.75 Å². The van der Waals surface area contributed by atoms with E-state index in [1.54, 1.807) is 7.05 Å². The molecule has 98 valence electrons. The van der Waals surface area contributed by atoms with Gasteiger partial charge in [0.15, 0.2) is 6.10 Å². The fraction of sp³-hybridized carbons (Fsp3) is 0.364. The van der Waals surface area contributed by atoms with E-state index in [0.717, 1.165) is 0 Å². The van der Waals surface area contributed by atoms with Crippen molar-refractivity contribution in [2.45, 2.75) is 19.6 Å². The molecular weight excluding hydrogens is 238 g/mol. The lowest BCUT2D eigenvalue weighted by Gasteiger charge is -2.14. The Labute approximate surface area is 104 Å². The Morgan fingerprint density at radius 3 is 2.78 bits per heavy atom. The highest BCUT2D eigenvalue weighted by Crippen LogP contribution is 2.25. The summed E-state index contributed by atoms with van der Waals surface area (Å²) < 4.78 is 5.36. The molecule has 1 rings (SSSR count). The SMILES string of the molecule is CNCc1cc([N+](=O)[O-])ccc1OC(C)C(N)=O. The van der Waals surface area contributed by atoms with Gasteiger partial charge in [0.05, 0.1) is 4.92 Å². The number of amides is 1. The van der Waals surface area contributed by atoms with Gasteiger partial charge in [-0.3, -0.25) is 14.9 Å². The highest BCUT2D eigenvalue weighted by atomic mass is 16.6. The molecule has 7 heteroatoms. The fourth-order valence-corrected chi connectivity index (χ4v) is 1.37. The van der Waals surface area contributed by atoms with E-state index in [1.165, 1.54) is 25.1 Å². The summed E-state index contributed by atoms with van der Waals surface area (Å²) in [5, 5.41) is 13.5. The molecule has 0 radical (unpaired) electrons. The minimum Gasteiger partial charge on any atom is -0.481 e. The molecule has 0 aromatic heterocycles. The molecule has 0 saturated heterocycles. The largest absolute Gasteiger partial charge is 0.481 e. The summed E-state index contributed by atoms with van der Waals surface area (Å²) in [6, 6.07) is 4.19. The second-order valence-corrected chi connectivity index (χ2v) is 3.74. The molecule has 3 N–H and O–H groups in total. The van der Waals surface area contributed by atoms with Crippen LogP contribution in [0, 0.1) is 10.1 Å². The topological polar surface area (TPSA) is 107 Å². The zero-order valence-electron chi connectivity index (χ0n) is 10.2. The maximum atomic E-state index is 10.9. The van der Waals surface area contributed by atoms with Gasteiger partial charge in [-0.1, -0.05) is 0 Å². The summed E-state index contributed by atoms with van der Waals surface area (Å²) in [7, 11) is 1.71. The molecule has 1 unspecified atom stereocenters. The molecule has 0 bridgehead atoms. The second kappa shape index (κ2) is 5.97. The first kappa shape index (κ1) is 13.9. The Kier molecular flexibility index (Phi) is 4.61. The van der Waals surface area contributed by atoms with Crippen molar-refractivity contribution >= 4 is 11.6 Å². The van der Waals surface area contributed by atoms with E-state index in [9.17, 15) is 14.9 Å². The van der Waals surface area contributed by atoms with Crippen molar-refractivity contribution in [2.24, 2.45) is 5.73 Å². The number of hydrogen-bond donors (Lipinski definition) is 2. The third-order valence-corrected chi connectivity index (χ3v) is 2.33. The predicted octanol–water partition coefficient (Wildman–Crippen LogP) is 0.567. The van der Waals surface area contributed by atoms with Crippen LogP contribution < -0.4 is 15.8 Å². The lowest BCUT2D eigenvalue weighted by atomic mass is 10.1. The number of nitrogens with one attached hydrogen (secondary N) is 1. The van der Waals surface area contributed by atoms with Gasteiger partial charge in [0.2, 0.25) is 0 Å². The van der Waals surface area contributed by atoms with Gasteiger partial charge in [-0.05, 0) is 20.0 Å². The molecule has 7 nitrogen and oxygen atoms in total. The van der Waals surface area contributed by atoms with Gasteiger partial charge in [0, 0.05) is 24.2 Å². The Balaban J connectivity index is 3.03. The highest BCUT2D eigenvalue weighted by molar-refractivity contribution is 5.78. The molecule has 0 spiro atoms. The van der Waals surface area contributed by atoms with Gasteiger partial charge in [-0.15, -0.1) is 0 Å². The molecule has 1 aromatic rings. The lowest BCUT2D eigenvalue weighted by molar-refractivity contribution is -0.384. The zero-order valence-corrected chi connectivity index (χ0v) is 10.2. The molecule has 0 saturated carbocycles. The lowest BCUT2D eigenvalue weighted by Crippen LogP contribution is -2.31. The summed E-state index contributed by atoms with van der Waals surface area (Å²) in [6.45, 7) is 1.91. The average Bonchev–Trinajstić information content (AvgIpc) is 2.31. The van der Waals surface area contributed by atoms with Crippen molar-refractivity contribution in [2.75, 3.05) is 7.05 Å². The number of nitrogens with two attached hydrogens (primary N) is 1. The number of hydrogen-bond acceptors (Lipinski definition) is 5. The number of non-ortho nitro benzene ring substituents is 1. The van der Waals surface area contributed by atoms with Crippen LogP contribution >= 0.6 is 0 Å². The van der Waals surface area contributed by atoms with Crippen LogP contribution in [0.25, 0.3) is 0 Å². The predicted molar refractivity (Wildman–Crippen MR) is 65.1 cm³/mol. The third-order valence-electron chi connectivity index (χ3n) is 2.33. The van der Waals surface area contributed by atoms with Gasteiger partial charge in [-0.25, -0.2) is 0 Å². The van der Waals surface area contributed by atoms with E-state index >= 15 is 0 Å². The van der Waals surface area contributed by atoms with Crippen molar-refractivity contribution in [1.29, 1.82) is 0 Å². The third kappa shape index (κ3) is 3.42. The number of nitro groups is 1. The van der Waals surface area contributed by atoms with Crippen molar-refractivity contribution in [3.63, 3.8) is 0 Å². The average molecular weight is 253 g/mol. The van der Waals surface area contributed by atoms with Crippen molar-refractivity contribution in [1.82, 2.24) is 5.32 Å². The molecular formula is C11H15N3O4. The van der Waals surface area contributed by atoms with Crippen LogP contribution in [0.15, 0.2) is 18.2 Å². The second-order valence-electron chi connectivity index (χ2n) is 3.74. The van der Waals surface area contributed by atoms with Gasteiger partial charge >= 0.3 is 0 Å². The zero-order chi connectivity index (χ0) is 13.7. The summed E-state index contributed by atoms with van der Waals surface area (Å²) >= 11 is 0. The molecule has 0 fully saturated rings. The molecule has 0 aliphatic carbocycles. The standard InChI is InChI=1S/C11H15N3O4/c1-7(11(12)15)18-10-4-3-9(14(16)17)5-8(10)6-13-2/h3-5,7,13H,6H2,1-2H3,(H2,12,15). The molecule has 0 heterocycles. The van der Waals surface area contributed by atoms with Gasteiger partial charge in [-0.2, -0.15) is 0 Å². The van der Waals surface area contributed by atoms with Crippen LogP contribution in [-0.4, -0.2) is 24.0 Å². The number of benzene rings is 1. The van der Waals surface area contributed by atoms with Crippen LogP contribution in [0.4, 0.5) is 5.69 Å². The highest BCUT2D eigenvalue weighted by Gasteiger charge is 2.15. The Hall–Kier alpha value is -2.15. The van der Waals surface area contributed by atoms with E-state index in [-0.39, 0.29) is 5.69 Å². The number of ether oxygens (including phenoxy) is 1. The normalized spacial score (nSPS) is 11.9. The van der Waals surface area contributed by atoms with Crippen LogP contribution in [0.3, 0.4) is 0 Å². The first-order chi connectivity index (χ1) is 8.45. The Morgan fingerprint density at radius 1 is 1.61 bits per heavy atom. The number of nitrogens with zero attached hydrogens (tertiary/aromatic N) is 1. The summed E-state index contributed by atoms with van der Waals surface area (Å²) in [5.74, 6) is -0.190. The molecule has 18 heavy (non-hydrogen) atoms. The van der Waals surface area contributed by atoms with Crippen LogP contribution in [0.5, 0.6) is 5.75 Å². The number of carbonyl (C=O) groups is 1. The number of rotatable bonds is 6. The first-order valence-electron chi connectivity index (χ1n) is 5.33. The number of primary amides is 1. The van der Waals surface area contributed by atoms with Crippen molar-refractivity contribution in [3.8, 4) is 5.75 Å². The van der Waals surface area contributed by atoms with E-state index < -0.39 is 16.9 Å². The van der Waals surface area contributed by atoms with E-state index in [4.69, 9.17) is 10.5 Å². The van der Waals surface area contributed by atoms with E-state index in [2.05, 4.69) is 5.32 Å². The minimum atomic E-state index is -0.790. The van der Waals surface area contributed by atoms with Gasteiger partial charge in [0.25, 0.3) is 11.6 Å². The van der Waals surface area contributed by atoms with E-state index in [1.807, 2.05) is 0 Å². The minimum absolute atomic E-state index is 0.0284.